The van der Waals surface area contributed by atoms with Crippen LogP contribution in [0.1, 0.15) is 38.7 Å². The average Bonchev–Trinajstić information content (AvgIpc) is 3.55. The summed E-state index contributed by atoms with van der Waals surface area (Å²) in [7, 11) is -3.58. The largest absolute Gasteiger partial charge is 0.490 e. The number of rotatable bonds is 11. The Hall–Kier alpha value is -2.84. The van der Waals surface area contributed by atoms with Crippen molar-refractivity contribution >= 4 is 27.7 Å². The fraction of sp³-hybridized carbons (Fsp3) is 0.348. The quantitative estimate of drug-likeness (QED) is 0.512. The lowest BCUT2D eigenvalue weighted by Crippen LogP contribution is -2.25. The lowest BCUT2D eigenvalue weighted by molar-refractivity contribution is -0.111. The van der Waals surface area contributed by atoms with Crippen LogP contribution in [0, 0.1) is 0 Å². The Kier molecular flexibility index (Phi) is 7.70. The van der Waals surface area contributed by atoms with E-state index >= 15 is 0 Å². The SMILES string of the molecule is CCCOc1ccc(/C=C/C(=O)Nc2cccc(S(=O)(=O)NC3CC3)c2)cc1OCC. The second kappa shape index (κ2) is 10.5. The van der Waals surface area contributed by atoms with Crippen molar-refractivity contribution in [1.29, 1.82) is 0 Å². The normalized spacial score (nSPS) is 13.9. The van der Waals surface area contributed by atoms with E-state index in [0.717, 1.165) is 24.8 Å². The van der Waals surface area contributed by atoms with Crippen molar-refractivity contribution in [3.05, 3.63) is 54.1 Å². The third kappa shape index (κ3) is 6.83. The van der Waals surface area contributed by atoms with Gasteiger partial charge in [0.1, 0.15) is 0 Å². The van der Waals surface area contributed by atoms with Crippen LogP contribution in [0.15, 0.2) is 53.4 Å². The highest BCUT2D eigenvalue weighted by molar-refractivity contribution is 7.89. The Morgan fingerprint density at radius 3 is 2.61 bits per heavy atom. The van der Waals surface area contributed by atoms with Crippen LogP contribution >= 0.6 is 0 Å². The van der Waals surface area contributed by atoms with E-state index in [-0.39, 0.29) is 16.8 Å². The van der Waals surface area contributed by atoms with Gasteiger partial charge in [-0.25, -0.2) is 13.1 Å². The first-order chi connectivity index (χ1) is 14.9. The van der Waals surface area contributed by atoms with Crippen molar-refractivity contribution in [3.8, 4) is 11.5 Å². The number of anilines is 1. The standard InChI is InChI=1S/C23H28N2O5S/c1-3-14-30-21-12-8-17(15-22(21)29-4-2)9-13-23(26)24-19-6-5-7-20(16-19)31(27,28)25-18-10-11-18/h5-9,12-13,15-16,18,25H,3-4,10-11,14H2,1-2H3,(H,24,26)/b13-9+. The van der Waals surface area contributed by atoms with Crippen molar-refractivity contribution in [2.24, 2.45) is 0 Å². The lowest BCUT2D eigenvalue weighted by Gasteiger charge is -2.12. The first-order valence-electron chi connectivity index (χ1n) is 10.4. The van der Waals surface area contributed by atoms with Crippen LogP contribution in [0.25, 0.3) is 6.08 Å². The second-order valence-corrected chi connectivity index (χ2v) is 8.95. The van der Waals surface area contributed by atoms with Crippen molar-refractivity contribution in [2.45, 2.75) is 44.0 Å². The highest BCUT2D eigenvalue weighted by atomic mass is 32.2. The van der Waals surface area contributed by atoms with E-state index in [1.807, 2.05) is 32.0 Å². The van der Waals surface area contributed by atoms with Crippen molar-refractivity contribution in [1.82, 2.24) is 4.72 Å². The minimum Gasteiger partial charge on any atom is -0.490 e. The molecule has 2 aromatic rings. The van der Waals surface area contributed by atoms with E-state index in [4.69, 9.17) is 9.47 Å². The van der Waals surface area contributed by atoms with Gasteiger partial charge < -0.3 is 14.8 Å². The highest BCUT2D eigenvalue weighted by Gasteiger charge is 2.28. The zero-order chi connectivity index (χ0) is 22.3. The van der Waals surface area contributed by atoms with Crippen molar-refractivity contribution < 1.29 is 22.7 Å². The summed E-state index contributed by atoms with van der Waals surface area (Å²) in [6.45, 7) is 5.03. The van der Waals surface area contributed by atoms with Gasteiger partial charge in [-0.15, -0.1) is 0 Å². The summed E-state index contributed by atoms with van der Waals surface area (Å²) in [6.07, 6.45) is 5.67. The molecule has 0 aromatic heterocycles. The number of carbonyl (C=O) groups is 1. The molecule has 3 rings (SSSR count). The van der Waals surface area contributed by atoms with Crippen LogP contribution in [0.2, 0.25) is 0 Å². The molecule has 166 valence electrons. The zero-order valence-corrected chi connectivity index (χ0v) is 18.6. The van der Waals surface area contributed by atoms with Gasteiger partial charge in [-0.2, -0.15) is 0 Å². The van der Waals surface area contributed by atoms with Crippen molar-refractivity contribution in [3.63, 3.8) is 0 Å². The second-order valence-electron chi connectivity index (χ2n) is 7.23. The van der Waals surface area contributed by atoms with E-state index in [2.05, 4.69) is 10.0 Å². The number of carbonyl (C=O) groups excluding carboxylic acids is 1. The van der Waals surface area contributed by atoms with Crippen LogP contribution in [0.4, 0.5) is 5.69 Å². The number of hydrogen-bond donors (Lipinski definition) is 2. The molecule has 1 aliphatic carbocycles. The molecular weight excluding hydrogens is 416 g/mol. The summed E-state index contributed by atoms with van der Waals surface area (Å²) in [5.74, 6) is 0.927. The predicted molar refractivity (Wildman–Crippen MR) is 121 cm³/mol. The molecule has 1 aliphatic rings. The number of amides is 1. The Bertz CT molecular complexity index is 1050. The molecule has 2 N–H and O–H groups in total. The lowest BCUT2D eigenvalue weighted by atomic mass is 10.2. The Morgan fingerprint density at radius 2 is 1.90 bits per heavy atom. The van der Waals surface area contributed by atoms with Gasteiger partial charge >= 0.3 is 0 Å². The maximum atomic E-state index is 12.3. The van der Waals surface area contributed by atoms with Gasteiger partial charge in [0.25, 0.3) is 0 Å². The molecule has 0 saturated heterocycles. The Labute approximate surface area is 183 Å². The number of hydrogen-bond acceptors (Lipinski definition) is 5. The van der Waals surface area contributed by atoms with Crippen LogP contribution in [-0.2, 0) is 14.8 Å². The molecule has 31 heavy (non-hydrogen) atoms. The molecule has 0 bridgehead atoms. The number of ether oxygens (including phenoxy) is 2. The number of sulfonamides is 1. The number of benzene rings is 2. The first kappa shape index (κ1) is 22.8. The molecular formula is C23H28N2O5S. The van der Waals surface area contributed by atoms with Gasteiger partial charge in [0.05, 0.1) is 18.1 Å². The molecule has 0 unspecified atom stereocenters. The number of nitrogens with one attached hydrogen (secondary N) is 2. The van der Waals surface area contributed by atoms with Gasteiger partial charge in [-0.05, 0) is 68.2 Å². The van der Waals surface area contributed by atoms with E-state index in [1.54, 1.807) is 18.2 Å². The Morgan fingerprint density at radius 1 is 1.10 bits per heavy atom. The third-order valence-electron chi connectivity index (χ3n) is 4.47. The van der Waals surface area contributed by atoms with Gasteiger partial charge in [0, 0.05) is 17.8 Å². The fourth-order valence-corrected chi connectivity index (χ4v) is 4.16. The average molecular weight is 445 g/mol. The summed E-state index contributed by atoms with van der Waals surface area (Å²) in [6, 6.07) is 11.7. The van der Waals surface area contributed by atoms with Crippen LogP contribution in [0.3, 0.4) is 0 Å². The summed E-state index contributed by atoms with van der Waals surface area (Å²) in [5, 5.41) is 2.70. The molecule has 0 heterocycles. The monoisotopic (exact) mass is 444 g/mol. The maximum Gasteiger partial charge on any atom is 0.248 e. The summed E-state index contributed by atoms with van der Waals surface area (Å²) in [4.78, 5) is 12.5. The molecule has 0 aliphatic heterocycles. The van der Waals surface area contributed by atoms with Gasteiger partial charge in [-0.3, -0.25) is 4.79 Å². The highest BCUT2D eigenvalue weighted by Crippen LogP contribution is 2.29. The van der Waals surface area contributed by atoms with Crippen LogP contribution in [0.5, 0.6) is 11.5 Å². The van der Waals surface area contributed by atoms with E-state index < -0.39 is 10.0 Å². The van der Waals surface area contributed by atoms with E-state index in [1.165, 1.54) is 18.2 Å². The molecule has 7 nitrogen and oxygen atoms in total. The summed E-state index contributed by atoms with van der Waals surface area (Å²) < 4.78 is 38.6. The third-order valence-corrected chi connectivity index (χ3v) is 5.99. The van der Waals surface area contributed by atoms with Crippen LogP contribution in [-0.4, -0.2) is 33.6 Å². The molecule has 1 fully saturated rings. The zero-order valence-electron chi connectivity index (χ0n) is 17.8. The minimum absolute atomic E-state index is 0.0199. The molecule has 1 amide bonds. The van der Waals surface area contributed by atoms with E-state index in [0.29, 0.717) is 30.4 Å². The summed E-state index contributed by atoms with van der Waals surface area (Å²) >= 11 is 0. The molecule has 0 radical (unpaired) electrons. The van der Waals surface area contributed by atoms with Crippen molar-refractivity contribution in [2.75, 3.05) is 18.5 Å². The van der Waals surface area contributed by atoms with E-state index in [9.17, 15) is 13.2 Å². The smallest absolute Gasteiger partial charge is 0.248 e. The minimum atomic E-state index is -3.58. The first-order valence-corrected chi connectivity index (χ1v) is 11.9. The van der Waals surface area contributed by atoms with Crippen LogP contribution < -0.4 is 19.5 Å². The molecule has 0 spiro atoms. The Balaban J connectivity index is 1.66. The molecule has 2 aromatic carbocycles. The summed E-state index contributed by atoms with van der Waals surface area (Å²) in [5.41, 5.74) is 1.19. The molecule has 1 saturated carbocycles. The molecule has 0 atom stereocenters. The topological polar surface area (TPSA) is 93.7 Å². The van der Waals surface area contributed by atoms with Gasteiger partial charge in [-0.1, -0.05) is 19.1 Å². The fourth-order valence-electron chi connectivity index (χ4n) is 2.81. The maximum absolute atomic E-state index is 12.3. The van der Waals surface area contributed by atoms with Gasteiger partial charge in [0.15, 0.2) is 11.5 Å². The van der Waals surface area contributed by atoms with Gasteiger partial charge in [0.2, 0.25) is 15.9 Å². The molecule has 8 heteroatoms. The predicted octanol–water partition coefficient (Wildman–Crippen LogP) is 3.97.